The molecule has 27 heavy (non-hydrogen) atoms. The molecule has 2 amide bonds. The molecule has 2 aliphatic rings. The number of hydrogen-bond donors (Lipinski definition) is 2. The molecule has 3 heterocycles. The summed E-state index contributed by atoms with van der Waals surface area (Å²) >= 11 is 0. The average Bonchev–Trinajstić information content (AvgIpc) is 3.01. The van der Waals surface area contributed by atoms with Crippen molar-refractivity contribution in [3.05, 3.63) is 30.0 Å². The largest absolute Gasteiger partial charge is 0.480 e. The highest BCUT2D eigenvalue weighted by atomic mass is 16.4. The first-order chi connectivity index (χ1) is 13.0. The second kappa shape index (κ2) is 7.11. The average molecular weight is 370 g/mol. The van der Waals surface area contributed by atoms with E-state index >= 15 is 0 Å². The summed E-state index contributed by atoms with van der Waals surface area (Å²) in [5, 5.41) is 17.1. The van der Waals surface area contributed by atoms with E-state index < -0.39 is 11.9 Å². The molecule has 0 bridgehead atoms. The van der Waals surface area contributed by atoms with Crippen LogP contribution in [0.5, 0.6) is 0 Å². The molecule has 0 radical (unpaired) electrons. The Morgan fingerprint density at radius 3 is 2.63 bits per heavy atom. The van der Waals surface area contributed by atoms with Crippen molar-refractivity contribution in [3.8, 4) is 0 Å². The first-order valence-electron chi connectivity index (χ1n) is 9.28. The van der Waals surface area contributed by atoms with E-state index in [0.29, 0.717) is 25.9 Å². The van der Waals surface area contributed by atoms with Crippen LogP contribution in [0.3, 0.4) is 0 Å². The Morgan fingerprint density at radius 2 is 1.93 bits per heavy atom. The molecular formula is C19H22N4O4. The minimum absolute atomic E-state index is 0.0636. The number of hydrogen-bond acceptors (Lipinski definition) is 5. The highest BCUT2D eigenvalue weighted by Crippen LogP contribution is 2.33. The summed E-state index contributed by atoms with van der Waals surface area (Å²) in [6.07, 6.45) is 2.43. The number of aromatic nitrogens is 2. The SMILES string of the molecule is O=C(O)CN1CCC(n2nc(C3CCC(=O)NC3=O)c3ccccc32)CC1. The molecule has 142 valence electrons. The van der Waals surface area contributed by atoms with Gasteiger partial charge in [0.05, 0.1) is 29.7 Å². The molecule has 2 fully saturated rings. The number of piperidine rings is 2. The van der Waals surface area contributed by atoms with Crippen LogP contribution in [0.25, 0.3) is 10.9 Å². The Morgan fingerprint density at radius 1 is 1.19 bits per heavy atom. The fraction of sp³-hybridized carbons (Fsp3) is 0.474. The van der Waals surface area contributed by atoms with Crippen molar-refractivity contribution in [2.24, 2.45) is 0 Å². The van der Waals surface area contributed by atoms with E-state index in [9.17, 15) is 14.4 Å². The Kier molecular flexibility index (Phi) is 4.65. The van der Waals surface area contributed by atoms with E-state index in [-0.39, 0.29) is 24.4 Å². The van der Waals surface area contributed by atoms with Crippen LogP contribution in [-0.4, -0.2) is 57.2 Å². The Bertz CT molecular complexity index is 898. The molecule has 0 saturated carbocycles. The number of imide groups is 1. The second-order valence-corrected chi connectivity index (χ2v) is 7.25. The highest BCUT2D eigenvalue weighted by molar-refractivity contribution is 6.02. The second-order valence-electron chi connectivity index (χ2n) is 7.25. The van der Waals surface area contributed by atoms with Crippen LogP contribution in [0.15, 0.2) is 24.3 Å². The molecule has 1 unspecified atom stereocenters. The van der Waals surface area contributed by atoms with Crippen LogP contribution in [0.4, 0.5) is 0 Å². The number of nitrogens with one attached hydrogen (secondary N) is 1. The third kappa shape index (κ3) is 3.44. The number of fused-ring (bicyclic) bond motifs is 1. The van der Waals surface area contributed by atoms with Gasteiger partial charge < -0.3 is 5.11 Å². The maximum Gasteiger partial charge on any atom is 0.317 e. The molecular weight excluding hydrogens is 348 g/mol. The molecule has 1 aromatic carbocycles. The lowest BCUT2D eigenvalue weighted by Crippen LogP contribution is -2.40. The summed E-state index contributed by atoms with van der Waals surface area (Å²) in [6.45, 7) is 1.48. The quantitative estimate of drug-likeness (QED) is 0.786. The van der Waals surface area contributed by atoms with E-state index in [2.05, 4.69) is 5.32 Å². The van der Waals surface area contributed by atoms with Crippen LogP contribution in [0.1, 0.15) is 43.3 Å². The number of nitrogens with zero attached hydrogens (tertiary/aromatic N) is 3. The van der Waals surface area contributed by atoms with E-state index in [1.54, 1.807) is 0 Å². The van der Waals surface area contributed by atoms with Crippen molar-refractivity contribution >= 4 is 28.7 Å². The lowest BCUT2D eigenvalue weighted by atomic mass is 9.93. The fourth-order valence-electron chi connectivity index (χ4n) is 4.12. The van der Waals surface area contributed by atoms with Crippen molar-refractivity contribution in [2.45, 2.75) is 37.6 Å². The third-order valence-electron chi connectivity index (χ3n) is 5.47. The summed E-state index contributed by atoms with van der Waals surface area (Å²) in [5.74, 6) is -1.73. The molecule has 8 nitrogen and oxygen atoms in total. The van der Waals surface area contributed by atoms with Crippen LogP contribution in [0.2, 0.25) is 0 Å². The van der Waals surface area contributed by atoms with Gasteiger partial charge in [0.25, 0.3) is 0 Å². The van der Waals surface area contributed by atoms with Crippen LogP contribution >= 0.6 is 0 Å². The molecule has 0 spiro atoms. The van der Waals surface area contributed by atoms with Gasteiger partial charge in [0.15, 0.2) is 0 Å². The minimum atomic E-state index is -0.807. The van der Waals surface area contributed by atoms with Gasteiger partial charge in [0.1, 0.15) is 0 Å². The highest BCUT2D eigenvalue weighted by Gasteiger charge is 2.33. The lowest BCUT2D eigenvalue weighted by Gasteiger charge is -2.31. The number of carboxylic acids is 1. The van der Waals surface area contributed by atoms with Gasteiger partial charge in [-0.15, -0.1) is 0 Å². The number of likely N-dealkylation sites (tertiary alicyclic amines) is 1. The number of carbonyl (C=O) groups excluding carboxylic acids is 2. The van der Waals surface area contributed by atoms with Crippen LogP contribution in [0, 0.1) is 0 Å². The van der Waals surface area contributed by atoms with Crippen molar-refractivity contribution in [1.29, 1.82) is 0 Å². The van der Waals surface area contributed by atoms with Gasteiger partial charge in [-0.3, -0.25) is 29.3 Å². The summed E-state index contributed by atoms with van der Waals surface area (Å²) in [5.41, 5.74) is 1.71. The zero-order valence-corrected chi connectivity index (χ0v) is 14.9. The fourth-order valence-corrected chi connectivity index (χ4v) is 4.12. The van der Waals surface area contributed by atoms with Gasteiger partial charge in [0, 0.05) is 24.9 Å². The van der Waals surface area contributed by atoms with E-state index in [1.807, 2.05) is 33.8 Å². The van der Waals surface area contributed by atoms with Crippen LogP contribution < -0.4 is 5.32 Å². The van der Waals surface area contributed by atoms with Gasteiger partial charge in [-0.25, -0.2) is 0 Å². The molecule has 1 aromatic heterocycles. The van der Waals surface area contributed by atoms with Crippen molar-refractivity contribution in [1.82, 2.24) is 20.0 Å². The van der Waals surface area contributed by atoms with Crippen molar-refractivity contribution in [2.75, 3.05) is 19.6 Å². The van der Waals surface area contributed by atoms with Gasteiger partial charge in [0.2, 0.25) is 11.8 Å². The van der Waals surface area contributed by atoms with Crippen LogP contribution in [-0.2, 0) is 14.4 Å². The lowest BCUT2D eigenvalue weighted by molar-refractivity contribution is -0.139. The molecule has 4 rings (SSSR count). The summed E-state index contributed by atoms with van der Waals surface area (Å²) < 4.78 is 1.99. The first kappa shape index (κ1) is 17.7. The number of benzene rings is 1. The third-order valence-corrected chi connectivity index (χ3v) is 5.47. The maximum absolute atomic E-state index is 12.3. The molecule has 1 atom stereocenters. The zero-order valence-electron chi connectivity index (χ0n) is 14.9. The molecule has 2 aromatic rings. The van der Waals surface area contributed by atoms with E-state index in [4.69, 9.17) is 10.2 Å². The van der Waals surface area contributed by atoms with Gasteiger partial charge in [-0.05, 0) is 25.3 Å². The standard InChI is InChI=1S/C19H22N4O4/c24-16-6-5-14(19(27)20-16)18-13-3-1-2-4-15(13)23(21-18)12-7-9-22(10-8-12)11-17(25)26/h1-4,12,14H,5-11H2,(H,25,26)(H,20,24,27). The maximum atomic E-state index is 12.3. The number of carboxylic acid groups (broad SMARTS) is 1. The minimum Gasteiger partial charge on any atom is -0.480 e. The monoisotopic (exact) mass is 370 g/mol. The molecule has 2 aliphatic heterocycles. The smallest absolute Gasteiger partial charge is 0.317 e. The number of carbonyl (C=O) groups is 3. The number of aliphatic carboxylic acids is 1. The molecule has 2 N–H and O–H groups in total. The normalized spacial score (nSPS) is 22.1. The summed E-state index contributed by atoms with van der Waals surface area (Å²) in [4.78, 5) is 36.6. The van der Waals surface area contributed by atoms with E-state index in [0.717, 1.165) is 29.4 Å². The van der Waals surface area contributed by atoms with Gasteiger partial charge in [-0.1, -0.05) is 18.2 Å². The first-order valence-corrected chi connectivity index (χ1v) is 9.28. The Hall–Kier alpha value is -2.74. The zero-order chi connectivity index (χ0) is 19.0. The topological polar surface area (TPSA) is 105 Å². The Balaban J connectivity index is 1.62. The summed E-state index contributed by atoms with van der Waals surface area (Å²) in [6, 6.07) is 8.02. The van der Waals surface area contributed by atoms with E-state index in [1.165, 1.54) is 0 Å². The molecule has 0 aliphatic carbocycles. The van der Waals surface area contributed by atoms with Crippen molar-refractivity contribution in [3.63, 3.8) is 0 Å². The van der Waals surface area contributed by atoms with Gasteiger partial charge >= 0.3 is 5.97 Å². The number of amides is 2. The van der Waals surface area contributed by atoms with Gasteiger partial charge in [-0.2, -0.15) is 5.10 Å². The van der Waals surface area contributed by atoms with Crippen molar-refractivity contribution < 1.29 is 19.5 Å². The Labute approximate surface area is 156 Å². The predicted octanol–water partition coefficient (Wildman–Crippen LogP) is 1.28. The number of para-hydroxylation sites is 1. The summed E-state index contributed by atoms with van der Waals surface area (Å²) in [7, 11) is 0. The molecule has 8 heteroatoms. The molecule has 2 saturated heterocycles. The number of rotatable bonds is 4. The predicted molar refractivity (Wildman–Crippen MR) is 97.2 cm³/mol.